The molecule has 0 saturated heterocycles. The minimum atomic E-state index is -0.261. The zero-order chi connectivity index (χ0) is 18.1. The average molecular weight is 343 g/mol. The molecule has 6 heteroatoms. The molecule has 0 saturated carbocycles. The Morgan fingerprint density at radius 2 is 1.76 bits per heavy atom. The molecule has 1 aromatic carbocycles. The van der Waals surface area contributed by atoms with Gasteiger partial charge in [0.25, 0.3) is 5.91 Å². The van der Waals surface area contributed by atoms with Gasteiger partial charge in [-0.2, -0.15) is 0 Å². The highest BCUT2D eigenvalue weighted by Crippen LogP contribution is 2.06. The number of carbonyl (C=O) groups is 2. The number of hydrogen-bond acceptors (Lipinski definition) is 4. The molecule has 0 aliphatic rings. The highest BCUT2D eigenvalue weighted by molar-refractivity contribution is 5.91. The molecule has 0 bridgehead atoms. The van der Waals surface area contributed by atoms with Crippen molar-refractivity contribution < 1.29 is 14.0 Å². The summed E-state index contributed by atoms with van der Waals surface area (Å²) >= 11 is 0. The van der Waals surface area contributed by atoms with Crippen LogP contribution in [0.5, 0.6) is 0 Å². The van der Waals surface area contributed by atoms with Crippen LogP contribution in [-0.2, 0) is 17.9 Å². The quantitative estimate of drug-likeness (QED) is 0.684. The van der Waals surface area contributed by atoms with Crippen LogP contribution in [0.15, 0.2) is 47.1 Å². The van der Waals surface area contributed by atoms with E-state index in [-0.39, 0.29) is 17.6 Å². The molecule has 6 nitrogen and oxygen atoms in total. The first-order valence-corrected chi connectivity index (χ1v) is 8.35. The van der Waals surface area contributed by atoms with Gasteiger partial charge in [0.05, 0.1) is 6.26 Å². The highest BCUT2D eigenvalue weighted by Gasteiger charge is 2.07. The Balaban J connectivity index is 1.61. The zero-order valence-corrected chi connectivity index (χ0v) is 14.7. The van der Waals surface area contributed by atoms with E-state index in [1.54, 1.807) is 12.1 Å². The summed E-state index contributed by atoms with van der Waals surface area (Å²) in [5.41, 5.74) is 2.31. The fraction of sp³-hybridized carbons (Fsp3) is 0.368. The van der Waals surface area contributed by atoms with E-state index in [4.69, 9.17) is 4.42 Å². The van der Waals surface area contributed by atoms with Crippen molar-refractivity contribution >= 4 is 11.8 Å². The molecule has 0 aliphatic heterocycles. The first-order valence-electron chi connectivity index (χ1n) is 8.35. The van der Waals surface area contributed by atoms with Gasteiger partial charge < -0.3 is 20.0 Å². The van der Waals surface area contributed by atoms with E-state index < -0.39 is 0 Å². The van der Waals surface area contributed by atoms with Crippen molar-refractivity contribution in [3.8, 4) is 0 Å². The van der Waals surface area contributed by atoms with Crippen LogP contribution >= 0.6 is 0 Å². The average Bonchev–Trinajstić information content (AvgIpc) is 3.12. The Morgan fingerprint density at radius 1 is 1.04 bits per heavy atom. The molecule has 2 N–H and O–H groups in total. The van der Waals surface area contributed by atoms with Gasteiger partial charge in [-0.1, -0.05) is 24.3 Å². The monoisotopic (exact) mass is 343 g/mol. The largest absolute Gasteiger partial charge is 0.459 e. The minimum Gasteiger partial charge on any atom is -0.459 e. The van der Waals surface area contributed by atoms with Crippen LogP contribution in [0.4, 0.5) is 0 Å². The van der Waals surface area contributed by atoms with Gasteiger partial charge in [0, 0.05) is 26.1 Å². The normalized spacial score (nSPS) is 10.7. The topological polar surface area (TPSA) is 74.6 Å². The summed E-state index contributed by atoms with van der Waals surface area (Å²) in [5, 5.41) is 5.61. The minimum absolute atomic E-state index is 0.0235. The molecule has 1 heterocycles. The fourth-order valence-electron chi connectivity index (χ4n) is 2.36. The van der Waals surface area contributed by atoms with Gasteiger partial charge in [-0.05, 0) is 43.8 Å². The maximum Gasteiger partial charge on any atom is 0.286 e. The summed E-state index contributed by atoms with van der Waals surface area (Å²) in [4.78, 5) is 25.6. The molecule has 0 fully saturated rings. The molecule has 2 aromatic rings. The lowest BCUT2D eigenvalue weighted by Crippen LogP contribution is -2.27. The molecular formula is C19H25N3O3. The molecule has 1 aromatic heterocycles. The van der Waals surface area contributed by atoms with Gasteiger partial charge in [0.2, 0.25) is 5.91 Å². The molecule has 0 spiro atoms. The van der Waals surface area contributed by atoms with E-state index in [0.717, 1.165) is 12.1 Å². The zero-order valence-electron chi connectivity index (χ0n) is 14.7. The fourth-order valence-corrected chi connectivity index (χ4v) is 2.36. The second kappa shape index (κ2) is 9.64. The summed E-state index contributed by atoms with van der Waals surface area (Å²) in [5.74, 6) is -0.00463. The van der Waals surface area contributed by atoms with Gasteiger partial charge in [-0.15, -0.1) is 0 Å². The Hall–Kier alpha value is -2.60. The molecule has 0 aliphatic carbocycles. The summed E-state index contributed by atoms with van der Waals surface area (Å²) < 4.78 is 5.00. The molecule has 0 atom stereocenters. The molecule has 25 heavy (non-hydrogen) atoms. The number of benzene rings is 1. The smallest absolute Gasteiger partial charge is 0.286 e. The number of nitrogens with zero attached hydrogens (tertiary/aromatic N) is 1. The van der Waals surface area contributed by atoms with Crippen molar-refractivity contribution in [2.45, 2.75) is 25.9 Å². The summed E-state index contributed by atoms with van der Waals surface area (Å²) in [7, 11) is 4.07. The van der Waals surface area contributed by atoms with Crippen LogP contribution in [0, 0.1) is 0 Å². The van der Waals surface area contributed by atoms with E-state index in [2.05, 4.69) is 27.7 Å². The third kappa shape index (κ3) is 6.81. The van der Waals surface area contributed by atoms with Crippen LogP contribution in [0.1, 0.15) is 34.5 Å². The maximum absolute atomic E-state index is 11.9. The van der Waals surface area contributed by atoms with Gasteiger partial charge in [-0.25, -0.2) is 0 Å². The summed E-state index contributed by atoms with van der Waals surface area (Å²) in [6.07, 6.45) is 2.41. The Labute approximate surface area is 148 Å². The lowest BCUT2D eigenvalue weighted by atomic mass is 10.1. The van der Waals surface area contributed by atoms with Gasteiger partial charge in [-0.3, -0.25) is 9.59 Å². The third-order valence-corrected chi connectivity index (χ3v) is 3.62. The van der Waals surface area contributed by atoms with Crippen LogP contribution < -0.4 is 10.6 Å². The lowest BCUT2D eigenvalue weighted by molar-refractivity contribution is -0.121. The predicted octanol–water partition coefficient (Wildman–Crippen LogP) is 2.17. The van der Waals surface area contributed by atoms with Crippen LogP contribution in [0.25, 0.3) is 0 Å². The number of rotatable bonds is 9. The standard InChI is InChI=1S/C19H25N3O3/c1-22(2)14-16-9-7-15(8-10-16)13-21-18(23)6-3-11-20-19(24)17-5-4-12-25-17/h4-5,7-10,12H,3,6,11,13-14H2,1-2H3,(H,20,24)(H,21,23). The highest BCUT2D eigenvalue weighted by atomic mass is 16.3. The number of furan rings is 1. The molecule has 2 amide bonds. The Kier molecular flexibility index (Phi) is 7.22. The second-order valence-electron chi connectivity index (χ2n) is 6.17. The number of carbonyl (C=O) groups excluding carboxylic acids is 2. The van der Waals surface area contributed by atoms with Crippen molar-refractivity contribution in [3.63, 3.8) is 0 Å². The third-order valence-electron chi connectivity index (χ3n) is 3.62. The number of amides is 2. The van der Waals surface area contributed by atoms with E-state index >= 15 is 0 Å². The van der Waals surface area contributed by atoms with Gasteiger partial charge >= 0.3 is 0 Å². The molecule has 0 radical (unpaired) electrons. The van der Waals surface area contributed by atoms with Crippen LogP contribution in [-0.4, -0.2) is 37.4 Å². The first-order chi connectivity index (χ1) is 12.0. The molecule has 134 valence electrons. The van der Waals surface area contributed by atoms with Gasteiger partial charge in [0.1, 0.15) is 0 Å². The lowest BCUT2D eigenvalue weighted by Gasteiger charge is -2.10. The summed E-state index contributed by atoms with van der Waals surface area (Å²) in [6.45, 7) is 1.85. The van der Waals surface area contributed by atoms with Crippen molar-refractivity contribution in [3.05, 3.63) is 59.5 Å². The van der Waals surface area contributed by atoms with E-state index in [1.165, 1.54) is 11.8 Å². The maximum atomic E-state index is 11.9. The Morgan fingerprint density at radius 3 is 2.40 bits per heavy atom. The van der Waals surface area contributed by atoms with Gasteiger partial charge in [0.15, 0.2) is 5.76 Å². The number of hydrogen-bond donors (Lipinski definition) is 2. The van der Waals surface area contributed by atoms with Crippen molar-refractivity contribution in [1.82, 2.24) is 15.5 Å². The Bertz CT molecular complexity index is 664. The van der Waals surface area contributed by atoms with E-state index in [0.29, 0.717) is 25.9 Å². The molecular weight excluding hydrogens is 318 g/mol. The van der Waals surface area contributed by atoms with Crippen molar-refractivity contribution in [2.24, 2.45) is 0 Å². The SMILES string of the molecule is CN(C)Cc1ccc(CNC(=O)CCCNC(=O)c2ccco2)cc1. The predicted molar refractivity (Wildman–Crippen MR) is 96.0 cm³/mol. The van der Waals surface area contributed by atoms with Crippen LogP contribution in [0.2, 0.25) is 0 Å². The van der Waals surface area contributed by atoms with Crippen molar-refractivity contribution in [1.29, 1.82) is 0 Å². The first kappa shape index (κ1) is 18.7. The van der Waals surface area contributed by atoms with E-state index in [1.807, 2.05) is 26.2 Å². The van der Waals surface area contributed by atoms with Crippen LogP contribution in [0.3, 0.4) is 0 Å². The van der Waals surface area contributed by atoms with E-state index in [9.17, 15) is 9.59 Å². The molecule has 2 rings (SSSR count). The number of nitrogens with one attached hydrogen (secondary N) is 2. The molecule has 0 unspecified atom stereocenters. The summed E-state index contributed by atoms with van der Waals surface area (Å²) in [6, 6.07) is 11.5. The van der Waals surface area contributed by atoms with Crippen molar-refractivity contribution in [2.75, 3.05) is 20.6 Å². The second-order valence-corrected chi connectivity index (χ2v) is 6.17.